The predicted molar refractivity (Wildman–Crippen MR) is 88.0 cm³/mol. The Hall–Kier alpha value is -0.210. The van der Waals surface area contributed by atoms with E-state index in [1.165, 1.54) is 32.1 Å². The van der Waals surface area contributed by atoms with Crippen molar-refractivity contribution in [3.05, 3.63) is 27.7 Å². The maximum Gasteiger partial charge on any atom is 0.0501 e. The van der Waals surface area contributed by atoms with Gasteiger partial charge in [-0.1, -0.05) is 38.3 Å². The van der Waals surface area contributed by atoms with Gasteiger partial charge in [-0.25, -0.2) is 0 Å². The van der Waals surface area contributed by atoms with Crippen molar-refractivity contribution in [2.75, 3.05) is 5.32 Å². The molecule has 0 heterocycles. The first-order valence-corrected chi connectivity index (χ1v) is 8.45. The lowest BCUT2D eigenvalue weighted by Gasteiger charge is -2.20. The molecular formula is C16H23BrClN. The molecular weight excluding hydrogens is 322 g/mol. The minimum absolute atomic E-state index is 0.582. The fourth-order valence-electron chi connectivity index (χ4n) is 2.97. The first-order chi connectivity index (χ1) is 9.06. The van der Waals surface area contributed by atoms with E-state index in [-0.39, 0.29) is 0 Å². The van der Waals surface area contributed by atoms with E-state index >= 15 is 0 Å². The normalized spacial score (nSPS) is 24.3. The molecule has 19 heavy (non-hydrogen) atoms. The third-order valence-corrected chi connectivity index (χ3v) is 5.17. The van der Waals surface area contributed by atoms with E-state index in [4.69, 9.17) is 11.6 Å². The topological polar surface area (TPSA) is 12.0 Å². The van der Waals surface area contributed by atoms with Crippen LogP contribution >= 0.6 is 27.5 Å². The van der Waals surface area contributed by atoms with Gasteiger partial charge in [-0.3, -0.25) is 0 Å². The molecule has 1 aliphatic rings. The molecule has 0 aliphatic heterocycles. The van der Waals surface area contributed by atoms with Crippen molar-refractivity contribution in [1.82, 2.24) is 0 Å². The van der Waals surface area contributed by atoms with Crippen LogP contribution in [0.5, 0.6) is 0 Å². The molecule has 1 aliphatic carbocycles. The van der Waals surface area contributed by atoms with Crippen LogP contribution in [0.25, 0.3) is 0 Å². The second-order valence-corrected chi connectivity index (χ2v) is 7.27. The number of benzene rings is 1. The highest BCUT2D eigenvalue weighted by molar-refractivity contribution is 9.10. The summed E-state index contributed by atoms with van der Waals surface area (Å²) in [4.78, 5) is 0. The van der Waals surface area contributed by atoms with Crippen molar-refractivity contribution in [2.45, 2.75) is 52.0 Å². The summed E-state index contributed by atoms with van der Waals surface area (Å²) in [6.07, 6.45) is 6.59. The lowest BCUT2D eigenvalue weighted by molar-refractivity contribution is 0.341. The van der Waals surface area contributed by atoms with Crippen LogP contribution in [-0.2, 0) is 0 Å². The highest BCUT2D eigenvalue weighted by Gasteiger charge is 2.21. The summed E-state index contributed by atoms with van der Waals surface area (Å²) in [6, 6.07) is 6.52. The Morgan fingerprint density at radius 2 is 2.00 bits per heavy atom. The molecule has 2 unspecified atom stereocenters. The Balaban J connectivity index is 1.98. The van der Waals surface area contributed by atoms with Gasteiger partial charge < -0.3 is 5.32 Å². The predicted octanol–water partition coefficient (Wildman–Crippen LogP) is 6.12. The smallest absolute Gasteiger partial charge is 0.0501 e. The van der Waals surface area contributed by atoms with Gasteiger partial charge in [0.1, 0.15) is 0 Å². The third kappa shape index (κ3) is 4.39. The summed E-state index contributed by atoms with van der Waals surface area (Å²) in [5.41, 5.74) is 1.13. The average Bonchev–Trinajstić information content (AvgIpc) is 2.59. The van der Waals surface area contributed by atoms with Crippen LogP contribution in [-0.4, -0.2) is 6.04 Å². The van der Waals surface area contributed by atoms with Crippen molar-refractivity contribution in [3.8, 4) is 0 Å². The largest absolute Gasteiger partial charge is 0.381 e. The summed E-state index contributed by atoms with van der Waals surface area (Å²) in [5, 5.41) is 4.45. The van der Waals surface area contributed by atoms with Gasteiger partial charge in [0.25, 0.3) is 0 Å². The van der Waals surface area contributed by atoms with Crippen molar-refractivity contribution in [3.63, 3.8) is 0 Å². The van der Waals surface area contributed by atoms with Crippen molar-refractivity contribution in [1.29, 1.82) is 0 Å². The molecule has 106 valence electrons. The second kappa shape index (κ2) is 6.99. The zero-order valence-electron chi connectivity index (χ0n) is 11.8. The van der Waals surface area contributed by atoms with Crippen molar-refractivity contribution < 1.29 is 0 Å². The molecule has 0 amide bonds. The van der Waals surface area contributed by atoms with E-state index in [0.29, 0.717) is 6.04 Å². The molecule has 1 aromatic carbocycles. The summed E-state index contributed by atoms with van der Waals surface area (Å²) in [5.74, 6) is 1.71. The number of hydrogen-bond acceptors (Lipinski definition) is 1. The number of hydrogen-bond donors (Lipinski definition) is 1. The summed E-state index contributed by atoms with van der Waals surface area (Å²) >= 11 is 9.66. The highest BCUT2D eigenvalue weighted by atomic mass is 79.9. The summed E-state index contributed by atoms with van der Waals surface area (Å²) in [6.45, 7) is 4.71. The van der Waals surface area contributed by atoms with Crippen LogP contribution in [0.15, 0.2) is 22.7 Å². The van der Waals surface area contributed by atoms with Crippen LogP contribution in [0.3, 0.4) is 0 Å². The van der Waals surface area contributed by atoms with Crippen LogP contribution in [0.1, 0.15) is 46.0 Å². The molecule has 1 aromatic rings. The number of anilines is 1. The molecule has 1 N–H and O–H groups in total. The molecule has 3 heteroatoms. The van der Waals surface area contributed by atoms with Crippen LogP contribution in [0.4, 0.5) is 5.69 Å². The molecule has 1 nitrogen and oxygen atoms in total. The van der Waals surface area contributed by atoms with Crippen molar-refractivity contribution in [2.24, 2.45) is 11.8 Å². The van der Waals surface area contributed by atoms with Crippen molar-refractivity contribution >= 4 is 33.2 Å². The maximum absolute atomic E-state index is 6.07. The van der Waals surface area contributed by atoms with Gasteiger partial charge in [0, 0.05) is 15.5 Å². The lowest BCUT2D eigenvalue weighted by Crippen LogP contribution is -2.19. The van der Waals surface area contributed by atoms with E-state index in [0.717, 1.165) is 27.0 Å². The van der Waals surface area contributed by atoms with E-state index < -0.39 is 0 Å². The maximum atomic E-state index is 6.07. The van der Waals surface area contributed by atoms with Gasteiger partial charge in [0.2, 0.25) is 0 Å². The molecule has 0 bridgehead atoms. The Kier molecular flexibility index (Phi) is 5.58. The van der Waals surface area contributed by atoms with Crippen LogP contribution in [0.2, 0.25) is 5.02 Å². The lowest BCUT2D eigenvalue weighted by atomic mass is 9.89. The SMILES string of the molecule is CC(C)C1CCCC(Nc2cc(Cl)ccc2Br)CC1. The van der Waals surface area contributed by atoms with E-state index in [1.807, 2.05) is 18.2 Å². The Labute approximate surface area is 130 Å². The molecule has 0 spiro atoms. The zero-order valence-corrected chi connectivity index (χ0v) is 14.1. The van der Waals surface area contributed by atoms with Gasteiger partial charge in [-0.2, -0.15) is 0 Å². The first kappa shape index (κ1) is 15.2. The Morgan fingerprint density at radius 3 is 2.74 bits per heavy atom. The average molecular weight is 345 g/mol. The highest BCUT2D eigenvalue weighted by Crippen LogP contribution is 2.32. The second-order valence-electron chi connectivity index (χ2n) is 5.98. The van der Waals surface area contributed by atoms with Crippen LogP contribution in [0, 0.1) is 11.8 Å². The fraction of sp³-hybridized carbons (Fsp3) is 0.625. The number of nitrogens with one attached hydrogen (secondary N) is 1. The van der Waals surface area contributed by atoms with E-state index in [1.54, 1.807) is 0 Å². The molecule has 0 saturated heterocycles. The molecule has 2 atom stereocenters. The quantitative estimate of drug-likeness (QED) is 0.651. The summed E-state index contributed by atoms with van der Waals surface area (Å²) in [7, 11) is 0. The molecule has 2 rings (SSSR count). The van der Waals surface area contributed by atoms with Crippen LogP contribution < -0.4 is 5.32 Å². The van der Waals surface area contributed by atoms with Gasteiger partial charge in [-0.05, 0) is 65.2 Å². The Morgan fingerprint density at radius 1 is 1.21 bits per heavy atom. The summed E-state index contributed by atoms with van der Waals surface area (Å²) < 4.78 is 1.10. The molecule has 1 saturated carbocycles. The first-order valence-electron chi connectivity index (χ1n) is 7.28. The number of rotatable bonds is 3. The Bertz CT molecular complexity index is 419. The minimum atomic E-state index is 0.582. The van der Waals surface area contributed by atoms with Gasteiger partial charge in [-0.15, -0.1) is 0 Å². The van der Waals surface area contributed by atoms with Gasteiger partial charge in [0.15, 0.2) is 0 Å². The van der Waals surface area contributed by atoms with Gasteiger partial charge >= 0.3 is 0 Å². The molecule has 1 fully saturated rings. The van der Waals surface area contributed by atoms with Gasteiger partial charge in [0.05, 0.1) is 5.69 Å². The molecule has 0 aromatic heterocycles. The minimum Gasteiger partial charge on any atom is -0.381 e. The monoisotopic (exact) mass is 343 g/mol. The number of halogens is 2. The fourth-order valence-corrected chi connectivity index (χ4v) is 3.50. The molecule has 0 radical (unpaired) electrons. The third-order valence-electron chi connectivity index (χ3n) is 4.24. The standard InChI is InChI=1S/C16H23BrClN/c1-11(2)12-4-3-5-14(8-6-12)19-16-10-13(18)7-9-15(16)17/h7,9-12,14,19H,3-6,8H2,1-2H3. The zero-order chi connectivity index (χ0) is 13.8. The van der Waals surface area contributed by atoms with E-state index in [9.17, 15) is 0 Å². The van der Waals surface area contributed by atoms with E-state index in [2.05, 4.69) is 35.1 Å².